The maximum absolute atomic E-state index is 8.73. The lowest BCUT2D eigenvalue weighted by molar-refractivity contribution is -0.335. The van der Waals surface area contributed by atoms with Crippen molar-refractivity contribution >= 4 is 0 Å². The van der Waals surface area contributed by atoms with Crippen LogP contribution in [0.4, 0.5) is 0 Å². The van der Waals surface area contributed by atoms with E-state index >= 15 is 0 Å². The van der Waals surface area contributed by atoms with Crippen molar-refractivity contribution in [3.05, 3.63) is 0 Å². The van der Waals surface area contributed by atoms with Gasteiger partial charge >= 0.3 is 0 Å². The fraction of sp³-hybridized carbons (Fsp3) is 1.00. The van der Waals surface area contributed by atoms with Gasteiger partial charge in [-0.2, -0.15) is 0 Å². The number of nitrogens with zero attached hydrogens (tertiary/aromatic N) is 2. The maximum atomic E-state index is 8.73. The van der Waals surface area contributed by atoms with Crippen molar-refractivity contribution in [2.45, 2.75) is 32.4 Å². The Morgan fingerprint density at radius 3 is 1.82 bits per heavy atom. The standard InChI is InChI=1S/C7H18N2O2/c1-5-7(8(3)4)6(2)9(10)11/h6-7,10-11H,5H2,1-4H3. The summed E-state index contributed by atoms with van der Waals surface area (Å²) < 4.78 is 0. The number of hydrogen-bond donors (Lipinski definition) is 2. The molecule has 2 atom stereocenters. The first kappa shape index (κ1) is 10.8. The highest BCUT2D eigenvalue weighted by atomic mass is 16.8. The lowest BCUT2D eigenvalue weighted by Crippen LogP contribution is -2.45. The van der Waals surface area contributed by atoms with E-state index in [0.717, 1.165) is 6.42 Å². The molecule has 0 aliphatic carbocycles. The van der Waals surface area contributed by atoms with Gasteiger partial charge in [-0.1, -0.05) is 12.2 Å². The zero-order valence-electron chi connectivity index (χ0n) is 7.65. The third kappa shape index (κ3) is 3.16. The molecule has 2 unspecified atom stereocenters. The zero-order chi connectivity index (χ0) is 9.02. The fourth-order valence-corrected chi connectivity index (χ4v) is 1.29. The van der Waals surface area contributed by atoms with Gasteiger partial charge in [0.1, 0.15) is 0 Å². The van der Waals surface area contributed by atoms with Crippen molar-refractivity contribution in [3.8, 4) is 0 Å². The maximum Gasteiger partial charge on any atom is 0.0750 e. The van der Waals surface area contributed by atoms with Gasteiger partial charge in [0, 0.05) is 6.04 Å². The Hall–Kier alpha value is -0.160. The summed E-state index contributed by atoms with van der Waals surface area (Å²) in [5, 5.41) is 17.7. The molecule has 0 heterocycles. The monoisotopic (exact) mass is 162 g/mol. The predicted molar refractivity (Wildman–Crippen MR) is 42.6 cm³/mol. The molecule has 0 aromatic carbocycles. The molecule has 0 aromatic rings. The van der Waals surface area contributed by atoms with E-state index in [9.17, 15) is 0 Å². The van der Waals surface area contributed by atoms with Crippen molar-refractivity contribution in [1.82, 2.24) is 10.1 Å². The summed E-state index contributed by atoms with van der Waals surface area (Å²) in [6, 6.07) is -0.0833. The molecule has 0 aliphatic rings. The largest absolute Gasteiger partial charge is 0.305 e. The van der Waals surface area contributed by atoms with E-state index in [2.05, 4.69) is 0 Å². The molecule has 0 aliphatic heterocycles. The zero-order valence-corrected chi connectivity index (χ0v) is 7.65. The van der Waals surface area contributed by atoms with Crippen molar-refractivity contribution in [2.24, 2.45) is 0 Å². The van der Waals surface area contributed by atoms with Crippen molar-refractivity contribution in [1.29, 1.82) is 0 Å². The number of hydrogen-bond acceptors (Lipinski definition) is 4. The summed E-state index contributed by atoms with van der Waals surface area (Å²) in [6.45, 7) is 3.79. The van der Waals surface area contributed by atoms with E-state index in [1.165, 1.54) is 0 Å². The molecule has 0 bridgehead atoms. The lowest BCUT2D eigenvalue weighted by atomic mass is 10.1. The number of rotatable bonds is 4. The second-order valence-electron chi connectivity index (χ2n) is 3.00. The molecular formula is C7H18N2O2. The molecule has 68 valence electrons. The van der Waals surface area contributed by atoms with E-state index in [1.54, 1.807) is 6.92 Å². The Bertz CT molecular complexity index is 107. The average Bonchev–Trinajstić information content (AvgIpc) is 1.88. The molecule has 0 saturated carbocycles. The Kier molecular flexibility index (Phi) is 4.60. The van der Waals surface area contributed by atoms with Gasteiger partial charge in [0.05, 0.1) is 6.04 Å². The van der Waals surface area contributed by atoms with E-state index in [4.69, 9.17) is 10.4 Å². The minimum absolute atomic E-state index is 0.171. The van der Waals surface area contributed by atoms with Crippen LogP contribution in [0.1, 0.15) is 20.3 Å². The average molecular weight is 162 g/mol. The molecule has 0 aromatic heterocycles. The summed E-state index contributed by atoms with van der Waals surface area (Å²) in [5.41, 5.74) is 0. The molecule has 2 N–H and O–H groups in total. The van der Waals surface area contributed by atoms with Crippen molar-refractivity contribution < 1.29 is 10.4 Å². The number of hydroxylamine groups is 2. The smallest absolute Gasteiger partial charge is 0.0750 e. The Labute approximate surface area is 67.9 Å². The van der Waals surface area contributed by atoms with E-state index < -0.39 is 0 Å². The second-order valence-corrected chi connectivity index (χ2v) is 3.00. The molecule has 0 fully saturated rings. The van der Waals surface area contributed by atoms with Gasteiger partial charge in [-0.15, -0.1) is 0 Å². The SMILES string of the molecule is CCC(C(C)N(O)O)N(C)C. The van der Waals surface area contributed by atoms with Gasteiger partial charge in [0.2, 0.25) is 0 Å². The highest BCUT2D eigenvalue weighted by Crippen LogP contribution is 2.08. The van der Waals surface area contributed by atoms with Crippen LogP contribution in [0.2, 0.25) is 0 Å². The quantitative estimate of drug-likeness (QED) is 0.600. The van der Waals surface area contributed by atoms with Crippen molar-refractivity contribution in [2.75, 3.05) is 14.1 Å². The van der Waals surface area contributed by atoms with Crippen LogP contribution >= 0.6 is 0 Å². The highest BCUT2D eigenvalue weighted by Gasteiger charge is 2.21. The number of likely N-dealkylation sites (N-methyl/N-ethyl adjacent to an activating group) is 1. The molecule has 11 heavy (non-hydrogen) atoms. The van der Waals surface area contributed by atoms with Crippen LogP contribution in [0.3, 0.4) is 0 Å². The molecule has 4 heteroatoms. The van der Waals surface area contributed by atoms with Crippen LogP contribution in [0.25, 0.3) is 0 Å². The molecule has 0 saturated heterocycles. The van der Waals surface area contributed by atoms with Gasteiger partial charge in [-0.05, 0) is 27.4 Å². The van der Waals surface area contributed by atoms with Crippen molar-refractivity contribution in [3.63, 3.8) is 0 Å². The van der Waals surface area contributed by atoms with Crippen LogP contribution in [0.15, 0.2) is 0 Å². The minimum Gasteiger partial charge on any atom is -0.305 e. The normalized spacial score (nSPS) is 17.5. The minimum atomic E-state index is -0.255. The van der Waals surface area contributed by atoms with Gasteiger partial charge in [0.15, 0.2) is 0 Å². The summed E-state index contributed by atoms with van der Waals surface area (Å²) in [4.78, 5) is 1.98. The van der Waals surface area contributed by atoms with Gasteiger partial charge in [-0.3, -0.25) is 10.4 Å². The third-order valence-corrected chi connectivity index (χ3v) is 2.00. The molecule has 0 amide bonds. The molecule has 0 rings (SSSR count). The Balaban J connectivity index is 4.02. The summed E-state index contributed by atoms with van der Waals surface area (Å²) in [5.74, 6) is 0. The van der Waals surface area contributed by atoms with Crippen LogP contribution in [0.5, 0.6) is 0 Å². The van der Waals surface area contributed by atoms with E-state index in [1.807, 2.05) is 25.9 Å². The lowest BCUT2D eigenvalue weighted by Gasteiger charge is -2.30. The first-order valence-electron chi connectivity index (χ1n) is 3.84. The van der Waals surface area contributed by atoms with Gasteiger partial charge in [-0.25, -0.2) is 0 Å². The first-order chi connectivity index (χ1) is 5.00. The second kappa shape index (κ2) is 4.66. The Morgan fingerprint density at radius 2 is 1.73 bits per heavy atom. The predicted octanol–water partition coefficient (Wildman–Crippen LogP) is 0.795. The molecule has 0 radical (unpaired) electrons. The van der Waals surface area contributed by atoms with E-state index in [-0.39, 0.29) is 17.3 Å². The summed E-state index contributed by atoms with van der Waals surface area (Å²) >= 11 is 0. The molecule has 4 nitrogen and oxygen atoms in total. The van der Waals surface area contributed by atoms with E-state index in [0.29, 0.717) is 0 Å². The third-order valence-electron chi connectivity index (χ3n) is 2.00. The van der Waals surface area contributed by atoms with Crippen LogP contribution in [-0.4, -0.2) is 46.7 Å². The van der Waals surface area contributed by atoms with Crippen LogP contribution in [-0.2, 0) is 0 Å². The Morgan fingerprint density at radius 1 is 1.27 bits per heavy atom. The first-order valence-corrected chi connectivity index (χ1v) is 3.84. The summed E-state index contributed by atoms with van der Waals surface area (Å²) in [6.07, 6.45) is 0.895. The molecular weight excluding hydrogens is 144 g/mol. The topological polar surface area (TPSA) is 46.9 Å². The van der Waals surface area contributed by atoms with Crippen LogP contribution in [0, 0.1) is 0 Å². The van der Waals surface area contributed by atoms with Gasteiger partial charge < -0.3 is 4.90 Å². The highest BCUT2D eigenvalue weighted by molar-refractivity contribution is 4.73. The molecule has 0 spiro atoms. The summed E-state index contributed by atoms with van der Waals surface area (Å²) in [7, 11) is 3.85. The fourth-order valence-electron chi connectivity index (χ4n) is 1.29. The van der Waals surface area contributed by atoms with Gasteiger partial charge in [0.25, 0.3) is 0 Å². The van der Waals surface area contributed by atoms with Crippen LogP contribution < -0.4 is 0 Å².